The highest BCUT2D eigenvalue weighted by Gasteiger charge is 2.20. The van der Waals surface area contributed by atoms with Crippen LogP contribution in [0.25, 0.3) is 5.69 Å². The predicted octanol–water partition coefficient (Wildman–Crippen LogP) is 5.29. The summed E-state index contributed by atoms with van der Waals surface area (Å²) in [4.78, 5) is 29.2. The fourth-order valence-electron chi connectivity index (χ4n) is 2.84. The fourth-order valence-corrected chi connectivity index (χ4v) is 3.40. The Morgan fingerprint density at radius 3 is 2.39 bits per heavy atom. The van der Waals surface area contributed by atoms with Gasteiger partial charge in [0, 0.05) is 23.7 Å². The number of anilines is 2. The molecule has 0 saturated heterocycles. The smallest absolute Gasteiger partial charge is 0.295 e. The van der Waals surface area contributed by atoms with Crippen molar-refractivity contribution in [2.45, 2.75) is 34.1 Å². The van der Waals surface area contributed by atoms with Gasteiger partial charge in [0.2, 0.25) is 11.7 Å². The molecule has 7 nitrogen and oxygen atoms in total. The highest BCUT2D eigenvalue weighted by atomic mass is 35.5. The molecule has 162 valence electrons. The molecular formula is C22H23Cl2N5O2. The quantitative estimate of drug-likeness (QED) is 0.523. The molecule has 0 saturated carbocycles. The molecule has 0 atom stereocenters. The van der Waals surface area contributed by atoms with Crippen molar-refractivity contribution in [2.24, 2.45) is 5.92 Å². The lowest BCUT2D eigenvalue weighted by Gasteiger charge is -2.12. The van der Waals surface area contributed by atoms with E-state index in [2.05, 4.69) is 20.7 Å². The van der Waals surface area contributed by atoms with Crippen molar-refractivity contribution >= 4 is 46.4 Å². The molecule has 0 radical (unpaired) electrons. The molecule has 0 aliphatic rings. The molecule has 3 aromatic rings. The third-order valence-corrected chi connectivity index (χ3v) is 5.23. The van der Waals surface area contributed by atoms with E-state index < -0.39 is 5.91 Å². The van der Waals surface area contributed by atoms with Gasteiger partial charge in [-0.15, -0.1) is 5.10 Å². The van der Waals surface area contributed by atoms with Crippen LogP contribution in [0.15, 0.2) is 36.4 Å². The van der Waals surface area contributed by atoms with Gasteiger partial charge in [-0.2, -0.15) is 0 Å². The summed E-state index contributed by atoms with van der Waals surface area (Å²) >= 11 is 12.6. The van der Waals surface area contributed by atoms with Crippen LogP contribution in [0.4, 0.5) is 11.4 Å². The van der Waals surface area contributed by atoms with Gasteiger partial charge in [-0.3, -0.25) is 9.59 Å². The minimum absolute atomic E-state index is 0.0103. The molecule has 2 N–H and O–H groups in total. The number of aryl methyl sites for hydroxylation is 2. The lowest BCUT2D eigenvalue weighted by Crippen LogP contribution is -2.18. The van der Waals surface area contributed by atoms with Crippen LogP contribution >= 0.6 is 23.2 Å². The predicted molar refractivity (Wildman–Crippen MR) is 123 cm³/mol. The standard InChI is InChI=1S/C22H23Cl2N5O2/c1-5-18-27-20(28-29(18)19-15(23)7-6-8-16(19)24)22(31)26-17-11-14(10-9-13(17)4)25-21(30)12(2)3/h6-12H,5H2,1-4H3,(H,25,30)(H,26,31). The number of aromatic nitrogens is 3. The summed E-state index contributed by atoms with van der Waals surface area (Å²) in [5.74, 6) is -0.201. The van der Waals surface area contributed by atoms with Crippen molar-refractivity contribution < 1.29 is 9.59 Å². The molecule has 0 fully saturated rings. The van der Waals surface area contributed by atoms with Crippen LogP contribution < -0.4 is 10.6 Å². The number of halogens is 2. The molecule has 0 aliphatic carbocycles. The van der Waals surface area contributed by atoms with E-state index in [-0.39, 0.29) is 17.6 Å². The largest absolute Gasteiger partial charge is 0.326 e. The first-order chi connectivity index (χ1) is 14.7. The number of hydrogen-bond acceptors (Lipinski definition) is 4. The topological polar surface area (TPSA) is 88.9 Å². The van der Waals surface area contributed by atoms with Gasteiger partial charge in [-0.1, -0.05) is 56.1 Å². The molecule has 1 heterocycles. The van der Waals surface area contributed by atoms with E-state index in [1.807, 2.05) is 33.8 Å². The van der Waals surface area contributed by atoms with Gasteiger partial charge >= 0.3 is 0 Å². The number of rotatable bonds is 6. The number of hydrogen-bond donors (Lipinski definition) is 2. The molecule has 0 unspecified atom stereocenters. The Hall–Kier alpha value is -2.90. The highest BCUT2D eigenvalue weighted by Crippen LogP contribution is 2.29. The second-order valence-electron chi connectivity index (χ2n) is 7.32. The summed E-state index contributed by atoms with van der Waals surface area (Å²) in [6.07, 6.45) is 0.525. The van der Waals surface area contributed by atoms with Crippen molar-refractivity contribution in [1.29, 1.82) is 0 Å². The zero-order valence-corrected chi connectivity index (χ0v) is 19.2. The summed E-state index contributed by atoms with van der Waals surface area (Å²) in [5.41, 5.74) is 2.45. The van der Waals surface area contributed by atoms with E-state index in [0.29, 0.717) is 39.4 Å². The molecule has 2 amide bonds. The molecule has 0 spiro atoms. The van der Waals surface area contributed by atoms with Crippen molar-refractivity contribution in [3.8, 4) is 5.69 Å². The zero-order valence-electron chi connectivity index (χ0n) is 17.7. The third-order valence-electron chi connectivity index (χ3n) is 4.62. The number of nitrogens with zero attached hydrogens (tertiary/aromatic N) is 3. The number of carbonyl (C=O) groups is 2. The van der Waals surface area contributed by atoms with Gasteiger partial charge in [0.25, 0.3) is 5.91 Å². The summed E-state index contributed by atoms with van der Waals surface area (Å²) in [6.45, 7) is 7.38. The van der Waals surface area contributed by atoms with Gasteiger partial charge in [0.05, 0.1) is 10.0 Å². The maximum atomic E-state index is 12.9. The number of nitrogens with one attached hydrogen (secondary N) is 2. The van der Waals surface area contributed by atoms with Crippen LogP contribution in [0.2, 0.25) is 10.0 Å². The third kappa shape index (κ3) is 5.06. The lowest BCUT2D eigenvalue weighted by molar-refractivity contribution is -0.118. The van der Waals surface area contributed by atoms with E-state index in [0.717, 1.165) is 5.56 Å². The minimum Gasteiger partial charge on any atom is -0.326 e. The van der Waals surface area contributed by atoms with Crippen LogP contribution in [0.3, 0.4) is 0 Å². The first-order valence-electron chi connectivity index (χ1n) is 9.84. The molecule has 0 bridgehead atoms. The van der Waals surface area contributed by atoms with Gasteiger partial charge in [0.15, 0.2) is 0 Å². The molecule has 9 heteroatoms. The summed E-state index contributed by atoms with van der Waals surface area (Å²) < 4.78 is 1.49. The summed E-state index contributed by atoms with van der Waals surface area (Å²) in [7, 11) is 0. The molecular weight excluding hydrogens is 437 g/mol. The van der Waals surface area contributed by atoms with Crippen LogP contribution in [-0.4, -0.2) is 26.6 Å². The van der Waals surface area contributed by atoms with Gasteiger partial charge < -0.3 is 10.6 Å². The van der Waals surface area contributed by atoms with Gasteiger partial charge in [0.1, 0.15) is 11.5 Å². The second-order valence-corrected chi connectivity index (χ2v) is 8.13. The van der Waals surface area contributed by atoms with Gasteiger partial charge in [-0.05, 0) is 36.8 Å². The monoisotopic (exact) mass is 459 g/mol. The maximum Gasteiger partial charge on any atom is 0.295 e. The lowest BCUT2D eigenvalue weighted by atomic mass is 10.1. The minimum atomic E-state index is -0.480. The van der Waals surface area contributed by atoms with E-state index >= 15 is 0 Å². The number of para-hydroxylation sites is 1. The van der Waals surface area contributed by atoms with Crippen LogP contribution in [0.1, 0.15) is 42.8 Å². The highest BCUT2D eigenvalue weighted by molar-refractivity contribution is 6.37. The Labute approximate surface area is 190 Å². The fraction of sp³-hybridized carbons (Fsp3) is 0.273. The Morgan fingerprint density at radius 2 is 1.77 bits per heavy atom. The first kappa shape index (κ1) is 22.8. The maximum absolute atomic E-state index is 12.9. The number of carbonyl (C=O) groups excluding carboxylic acids is 2. The Morgan fingerprint density at radius 1 is 1.10 bits per heavy atom. The molecule has 31 heavy (non-hydrogen) atoms. The van der Waals surface area contributed by atoms with Crippen LogP contribution in [0, 0.1) is 12.8 Å². The van der Waals surface area contributed by atoms with E-state index in [1.165, 1.54) is 4.68 Å². The summed E-state index contributed by atoms with van der Waals surface area (Å²) in [5, 5.41) is 10.8. The average molecular weight is 460 g/mol. The van der Waals surface area contributed by atoms with Crippen LogP contribution in [-0.2, 0) is 11.2 Å². The van der Waals surface area contributed by atoms with Crippen molar-refractivity contribution in [3.63, 3.8) is 0 Å². The SMILES string of the molecule is CCc1nc(C(=O)Nc2cc(NC(=O)C(C)C)ccc2C)nn1-c1c(Cl)cccc1Cl. The van der Waals surface area contributed by atoms with Crippen molar-refractivity contribution in [3.05, 3.63) is 63.7 Å². The van der Waals surface area contributed by atoms with E-state index in [9.17, 15) is 9.59 Å². The van der Waals surface area contributed by atoms with Crippen molar-refractivity contribution in [1.82, 2.24) is 14.8 Å². The summed E-state index contributed by atoms with van der Waals surface area (Å²) in [6, 6.07) is 10.4. The Bertz CT molecular complexity index is 1120. The Kier molecular flexibility index (Phi) is 6.97. The second kappa shape index (κ2) is 9.49. The molecule has 3 rings (SSSR count). The first-order valence-corrected chi connectivity index (χ1v) is 10.6. The molecule has 1 aromatic heterocycles. The van der Waals surface area contributed by atoms with Crippen molar-refractivity contribution in [2.75, 3.05) is 10.6 Å². The zero-order chi connectivity index (χ0) is 22.7. The molecule has 0 aliphatic heterocycles. The van der Waals surface area contributed by atoms with Gasteiger partial charge in [-0.25, -0.2) is 9.67 Å². The Balaban J connectivity index is 1.90. The average Bonchev–Trinajstić information content (AvgIpc) is 3.14. The molecule has 2 aromatic carbocycles. The van der Waals surface area contributed by atoms with Crippen LogP contribution in [0.5, 0.6) is 0 Å². The van der Waals surface area contributed by atoms with E-state index in [4.69, 9.17) is 23.2 Å². The number of benzene rings is 2. The van der Waals surface area contributed by atoms with E-state index in [1.54, 1.807) is 30.3 Å². The normalized spacial score (nSPS) is 10.9. The number of amides is 2.